The van der Waals surface area contributed by atoms with E-state index in [1.54, 1.807) is 7.11 Å². The number of nitrogens with one attached hydrogen (secondary N) is 2. The van der Waals surface area contributed by atoms with Crippen LogP contribution in [0.3, 0.4) is 0 Å². The van der Waals surface area contributed by atoms with Gasteiger partial charge in [0.1, 0.15) is 10.7 Å². The standard InChI is InChI=1S/C14H26N4O2S/c1-9(2)17-13-18-11(15)10(21-13)12(19)16-8-14(3,4)6-7-20-5/h9H,6-8,15H2,1-5H3,(H,16,19)(H,17,18). The molecule has 0 saturated carbocycles. The molecule has 0 spiro atoms. The van der Waals surface area contributed by atoms with Gasteiger partial charge in [0.15, 0.2) is 5.13 Å². The van der Waals surface area contributed by atoms with Gasteiger partial charge in [-0.25, -0.2) is 4.98 Å². The maximum absolute atomic E-state index is 12.2. The molecular formula is C14H26N4O2S. The molecule has 0 fully saturated rings. The number of aromatic nitrogens is 1. The Morgan fingerprint density at radius 1 is 1.48 bits per heavy atom. The normalized spacial score (nSPS) is 11.7. The molecule has 1 aromatic heterocycles. The van der Waals surface area contributed by atoms with Gasteiger partial charge in [0, 0.05) is 26.3 Å². The van der Waals surface area contributed by atoms with Crippen LogP contribution in [0, 0.1) is 5.41 Å². The van der Waals surface area contributed by atoms with Gasteiger partial charge in [0.2, 0.25) is 0 Å². The van der Waals surface area contributed by atoms with Crippen molar-refractivity contribution >= 4 is 28.2 Å². The largest absolute Gasteiger partial charge is 0.385 e. The average molecular weight is 314 g/mol. The molecule has 0 radical (unpaired) electrons. The van der Waals surface area contributed by atoms with E-state index in [-0.39, 0.29) is 23.2 Å². The fourth-order valence-corrected chi connectivity index (χ4v) is 2.62. The van der Waals surface area contributed by atoms with Gasteiger partial charge in [-0.1, -0.05) is 25.2 Å². The average Bonchev–Trinajstić information content (AvgIpc) is 2.74. The number of carbonyl (C=O) groups is 1. The van der Waals surface area contributed by atoms with Gasteiger partial charge in [-0.05, 0) is 25.7 Å². The number of rotatable bonds is 8. The smallest absolute Gasteiger partial charge is 0.265 e. The number of nitrogens with zero attached hydrogens (tertiary/aromatic N) is 1. The highest BCUT2D eigenvalue weighted by Gasteiger charge is 2.21. The van der Waals surface area contributed by atoms with Crippen LogP contribution in [-0.2, 0) is 4.74 Å². The lowest BCUT2D eigenvalue weighted by Crippen LogP contribution is -2.34. The van der Waals surface area contributed by atoms with Crippen molar-refractivity contribution in [3.05, 3.63) is 4.88 Å². The van der Waals surface area contributed by atoms with Crippen LogP contribution in [0.2, 0.25) is 0 Å². The van der Waals surface area contributed by atoms with Crippen LogP contribution in [0.15, 0.2) is 0 Å². The first kappa shape index (κ1) is 17.7. The Bertz CT molecular complexity index is 472. The third-order valence-electron chi connectivity index (χ3n) is 2.98. The summed E-state index contributed by atoms with van der Waals surface area (Å²) in [5.74, 6) is 0.0997. The van der Waals surface area contributed by atoms with E-state index >= 15 is 0 Å². The van der Waals surface area contributed by atoms with E-state index in [0.29, 0.717) is 23.2 Å². The van der Waals surface area contributed by atoms with E-state index in [1.165, 1.54) is 11.3 Å². The highest BCUT2D eigenvalue weighted by molar-refractivity contribution is 7.18. The maximum Gasteiger partial charge on any atom is 0.265 e. The zero-order valence-electron chi connectivity index (χ0n) is 13.4. The minimum absolute atomic E-state index is 0.0237. The van der Waals surface area contributed by atoms with E-state index in [0.717, 1.165) is 6.42 Å². The lowest BCUT2D eigenvalue weighted by molar-refractivity contribution is 0.0925. The second kappa shape index (κ2) is 7.61. The fraction of sp³-hybridized carbons (Fsp3) is 0.714. The molecule has 0 unspecified atom stereocenters. The van der Waals surface area contributed by atoms with E-state index in [9.17, 15) is 4.79 Å². The van der Waals surface area contributed by atoms with Gasteiger partial charge in [-0.2, -0.15) is 0 Å². The highest BCUT2D eigenvalue weighted by atomic mass is 32.1. The maximum atomic E-state index is 12.2. The van der Waals surface area contributed by atoms with Crippen LogP contribution < -0.4 is 16.4 Å². The molecule has 4 N–H and O–H groups in total. The first-order valence-electron chi connectivity index (χ1n) is 7.05. The van der Waals surface area contributed by atoms with Gasteiger partial charge in [-0.15, -0.1) is 0 Å². The Kier molecular flexibility index (Phi) is 6.42. The van der Waals surface area contributed by atoms with E-state index in [2.05, 4.69) is 29.5 Å². The van der Waals surface area contributed by atoms with Gasteiger partial charge in [0.05, 0.1) is 0 Å². The molecule has 0 bridgehead atoms. The summed E-state index contributed by atoms with van der Waals surface area (Å²) in [6.45, 7) is 9.45. The number of anilines is 2. The molecule has 7 heteroatoms. The Balaban J connectivity index is 2.61. The van der Waals surface area contributed by atoms with Crippen LogP contribution in [-0.4, -0.2) is 37.2 Å². The molecule has 1 aromatic rings. The highest BCUT2D eigenvalue weighted by Crippen LogP contribution is 2.26. The Hall–Kier alpha value is -1.34. The quantitative estimate of drug-likeness (QED) is 0.685. The molecular weight excluding hydrogens is 288 g/mol. The lowest BCUT2D eigenvalue weighted by atomic mass is 9.90. The van der Waals surface area contributed by atoms with Crippen molar-refractivity contribution in [1.29, 1.82) is 0 Å². The van der Waals surface area contributed by atoms with Crippen molar-refractivity contribution in [3.8, 4) is 0 Å². The van der Waals surface area contributed by atoms with Gasteiger partial charge in [-0.3, -0.25) is 4.79 Å². The predicted molar refractivity (Wildman–Crippen MR) is 87.9 cm³/mol. The molecule has 0 aromatic carbocycles. The van der Waals surface area contributed by atoms with Crippen molar-refractivity contribution in [2.24, 2.45) is 5.41 Å². The summed E-state index contributed by atoms with van der Waals surface area (Å²) in [5.41, 5.74) is 5.79. The fourth-order valence-electron chi connectivity index (χ4n) is 1.67. The minimum atomic E-state index is -0.174. The number of methoxy groups -OCH3 is 1. The molecule has 120 valence electrons. The molecule has 6 nitrogen and oxygen atoms in total. The molecule has 0 atom stereocenters. The summed E-state index contributed by atoms with van der Waals surface area (Å²) in [6, 6.07) is 0.249. The first-order valence-corrected chi connectivity index (χ1v) is 7.87. The van der Waals surface area contributed by atoms with Gasteiger partial charge in [0.25, 0.3) is 5.91 Å². The molecule has 0 aliphatic heterocycles. The van der Waals surface area contributed by atoms with E-state index in [1.807, 2.05) is 13.8 Å². The SMILES string of the molecule is COCCC(C)(C)CNC(=O)c1sc(NC(C)C)nc1N. The first-order chi connectivity index (χ1) is 9.75. The summed E-state index contributed by atoms with van der Waals surface area (Å²) in [6.07, 6.45) is 0.877. The van der Waals surface area contributed by atoms with Gasteiger partial charge >= 0.3 is 0 Å². The molecule has 1 rings (SSSR count). The molecule has 0 aliphatic carbocycles. The summed E-state index contributed by atoms with van der Waals surface area (Å²) < 4.78 is 5.08. The molecule has 1 heterocycles. The van der Waals surface area contributed by atoms with Crippen molar-refractivity contribution in [2.75, 3.05) is 31.3 Å². The zero-order valence-corrected chi connectivity index (χ0v) is 14.3. The van der Waals surface area contributed by atoms with Crippen molar-refractivity contribution in [1.82, 2.24) is 10.3 Å². The summed E-state index contributed by atoms with van der Waals surface area (Å²) in [5, 5.41) is 6.75. The predicted octanol–water partition coefficient (Wildman–Crippen LogP) is 2.34. The molecule has 21 heavy (non-hydrogen) atoms. The van der Waals surface area contributed by atoms with Crippen molar-refractivity contribution in [2.45, 2.75) is 40.2 Å². The second-order valence-electron chi connectivity index (χ2n) is 6.12. The van der Waals surface area contributed by atoms with Crippen LogP contribution in [0.1, 0.15) is 43.8 Å². The van der Waals surface area contributed by atoms with Crippen LogP contribution in [0.25, 0.3) is 0 Å². The van der Waals surface area contributed by atoms with Gasteiger partial charge < -0.3 is 21.1 Å². The van der Waals surface area contributed by atoms with E-state index in [4.69, 9.17) is 10.5 Å². The summed E-state index contributed by atoms with van der Waals surface area (Å²) in [7, 11) is 1.68. The lowest BCUT2D eigenvalue weighted by Gasteiger charge is -2.24. The number of ether oxygens (including phenoxy) is 1. The number of hydrogen-bond acceptors (Lipinski definition) is 6. The number of thiazole rings is 1. The number of hydrogen-bond donors (Lipinski definition) is 3. The molecule has 0 saturated heterocycles. The summed E-state index contributed by atoms with van der Waals surface area (Å²) >= 11 is 1.28. The van der Waals surface area contributed by atoms with Crippen molar-refractivity contribution in [3.63, 3.8) is 0 Å². The zero-order chi connectivity index (χ0) is 16.0. The van der Waals surface area contributed by atoms with E-state index < -0.39 is 0 Å². The molecule has 0 aliphatic rings. The monoisotopic (exact) mass is 314 g/mol. The Morgan fingerprint density at radius 2 is 2.14 bits per heavy atom. The third kappa shape index (κ3) is 5.89. The number of carbonyl (C=O) groups excluding carboxylic acids is 1. The molecule has 1 amide bonds. The third-order valence-corrected chi connectivity index (χ3v) is 3.98. The van der Waals surface area contributed by atoms with Crippen LogP contribution in [0.5, 0.6) is 0 Å². The number of nitrogen functional groups attached to an aromatic ring is 1. The van der Waals surface area contributed by atoms with Crippen molar-refractivity contribution < 1.29 is 9.53 Å². The number of amides is 1. The summed E-state index contributed by atoms with van der Waals surface area (Å²) in [4.78, 5) is 16.8. The van der Waals surface area contributed by atoms with Crippen LogP contribution >= 0.6 is 11.3 Å². The number of nitrogens with two attached hydrogens (primary N) is 1. The minimum Gasteiger partial charge on any atom is -0.385 e. The Morgan fingerprint density at radius 3 is 2.71 bits per heavy atom. The topological polar surface area (TPSA) is 89.3 Å². The van der Waals surface area contributed by atoms with Crippen LogP contribution in [0.4, 0.5) is 10.9 Å². The second-order valence-corrected chi connectivity index (χ2v) is 7.12. The Labute approximate surface area is 130 Å².